The van der Waals surface area contributed by atoms with Gasteiger partial charge in [0.05, 0.1) is 19.1 Å². The van der Waals surface area contributed by atoms with Crippen molar-refractivity contribution in [2.24, 2.45) is 5.92 Å². The standard InChI is InChI=1S/C21H24N2O3/c1-23-19(24)14-18(20(23)16-6-4-3-5-7-16)21(25)22-13-12-15-8-10-17(26-2)11-9-15/h3-11,18,20H,12-14H2,1-2H3,(H,22,25)/t18-,20+/m0/s1. The summed E-state index contributed by atoms with van der Waals surface area (Å²) in [6, 6.07) is 17.3. The molecule has 0 unspecified atom stereocenters. The lowest BCUT2D eigenvalue weighted by Gasteiger charge is -2.25. The number of likely N-dealkylation sites (tertiary alicyclic amines) is 1. The Bertz CT molecular complexity index is 759. The first-order valence-electron chi connectivity index (χ1n) is 8.81. The Labute approximate surface area is 154 Å². The second-order valence-corrected chi connectivity index (χ2v) is 6.56. The van der Waals surface area contributed by atoms with Gasteiger partial charge in [-0.3, -0.25) is 9.59 Å². The molecule has 1 heterocycles. The molecule has 2 atom stereocenters. The summed E-state index contributed by atoms with van der Waals surface area (Å²) >= 11 is 0. The fourth-order valence-electron chi connectivity index (χ4n) is 3.46. The number of methoxy groups -OCH3 is 1. The molecule has 1 fully saturated rings. The number of hydrogen-bond acceptors (Lipinski definition) is 3. The van der Waals surface area contributed by atoms with Crippen molar-refractivity contribution >= 4 is 11.8 Å². The van der Waals surface area contributed by atoms with Crippen molar-refractivity contribution in [3.05, 3.63) is 65.7 Å². The molecule has 136 valence electrons. The predicted octanol–water partition coefficient (Wildman–Crippen LogP) is 2.57. The number of carbonyl (C=O) groups excluding carboxylic acids is 2. The van der Waals surface area contributed by atoms with E-state index in [1.54, 1.807) is 19.1 Å². The Morgan fingerprint density at radius 3 is 2.50 bits per heavy atom. The van der Waals surface area contributed by atoms with Crippen LogP contribution in [0.5, 0.6) is 5.75 Å². The third-order valence-corrected chi connectivity index (χ3v) is 4.94. The maximum Gasteiger partial charge on any atom is 0.226 e. The van der Waals surface area contributed by atoms with E-state index in [1.807, 2.05) is 54.6 Å². The zero-order chi connectivity index (χ0) is 18.5. The average Bonchev–Trinajstić information content (AvgIpc) is 2.98. The van der Waals surface area contributed by atoms with Crippen LogP contribution in [-0.2, 0) is 16.0 Å². The van der Waals surface area contributed by atoms with Gasteiger partial charge in [0, 0.05) is 20.0 Å². The van der Waals surface area contributed by atoms with E-state index in [0.29, 0.717) is 6.54 Å². The van der Waals surface area contributed by atoms with E-state index < -0.39 is 0 Å². The van der Waals surface area contributed by atoms with E-state index in [0.717, 1.165) is 23.3 Å². The molecule has 2 aromatic carbocycles. The van der Waals surface area contributed by atoms with Crippen LogP contribution in [0, 0.1) is 5.92 Å². The summed E-state index contributed by atoms with van der Waals surface area (Å²) in [4.78, 5) is 26.5. The number of nitrogens with one attached hydrogen (secondary N) is 1. The third kappa shape index (κ3) is 3.87. The lowest BCUT2D eigenvalue weighted by Crippen LogP contribution is -2.35. The van der Waals surface area contributed by atoms with E-state index in [9.17, 15) is 9.59 Å². The summed E-state index contributed by atoms with van der Waals surface area (Å²) < 4.78 is 5.15. The maximum absolute atomic E-state index is 12.7. The van der Waals surface area contributed by atoms with Gasteiger partial charge >= 0.3 is 0 Å². The highest BCUT2D eigenvalue weighted by atomic mass is 16.5. The number of benzene rings is 2. The summed E-state index contributed by atoms with van der Waals surface area (Å²) in [6.07, 6.45) is 0.993. The van der Waals surface area contributed by atoms with Crippen molar-refractivity contribution in [2.75, 3.05) is 20.7 Å². The zero-order valence-electron chi connectivity index (χ0n) is 15.1. The van der Waals surface area contributed by atoms with Crippen LogP contribution in [0.4, 0.5) is 0 Å². The molecule has 26 heavy (non-hydrogen) atoms. The Kier molecular flexibility index (Phi) is 5.56. The molecule has 2 amide bonds. The van der Waals surface area contributed by atoms with Crippen molar-refractivity contribution < 1.29 is 14.3 Å². The number of rotatable bonds is 6. The van der Waals surface area contributed by atoms with Crippen LogP contribution in [0.15, 0.2) is 54.6 Å². The van der Waals surface area contributed by atoms with Crippen molar-refractivity contribution in [3.63, 3.8) is 0 Å². The summed E-state index contributed by atoms with van der Waals surface area (Å²) in [5.74, 6) is 0.404. The fraction of sp³-hybridized carbons (Fsp3) is 0.333. The van der Waals surface area contributed by atoms with Crippen LogP contribution in [0.25, 0.3) is 0 Å². The second kappa shape index (κ2) is 8.04. The molecule has 0 spiro atoms. The first-order chi connectivity index (χ1) is 12.6. The molecule has 0 aromatic heterocycles. The Balaban J connectivity index is 1.61. The zero-order valence-corrected chi connectivity index (χ0v) is 15.1. The van der Waals surface area contributed by atoms with Gasteiger partial charge < -0.3 is 15.0 Å². The number of ether oxygens (including phenoxy) is 1. The van der Waals surface area contributed by atoms with Crippen LogP contribution < -0.4 is 10.1 Å². The molecular weight excluding hydrogens is 328 g/mol. The van der Waals surface area contributed by atoms with Gasteiger partial charge in [0.1, 0.15) is 5.75 Å². The van der Waals surface area contributed by atoms with E-state index in [-0.39, 0.29) is 30.2 Å². The molecular formula is C21H24N2O3. The highest BCUT2D eigenvalue weighted by Crippen LogP contribution is 2.36. The molecule has 2 aromatic rings. The number of amides is 2. The van der Waals surface area contributed by atoms with Crippen molar-refractivity contribution in [2.45, 2.75) is 18.9 Å². The topological polar surface area (TPSA) is 58.6 Å². The van der Waals surface area contributed by atoms with Crippen LogP contribution in [0.1, 0.15) is 23.6 Å². The second-order valence-electron chi connectivity index (χ2n) is 6.56. The maximum atomic E-state index is 12.7. The van der Waals surface area contributed by atoms with Crippen molar-refractivity contribution in [3.8, 4) is 5.75 Å². The summed E-state index contributed by atoms with van der Waals surface area (Å²) in [6.45, 7) is 0.543. The fourth-order valence-corrected chi connectivity index (χ4v) is 3.46. The average molecular weight is 352 g/mol. The largest absolute Gasteiger partial charge is 0.497 e. The van der Waals surface area contributed by atoms with E-state index >= 15 is 0 Å². The van der Waals surface area contributed by atoms with Crippen molar-refractivity contribution in [1.82, 2.24) is 10.2 Å². The first-order valence-corrected chi connectivity index (χ1v) is 8.81. The smallest absolute Gasteiger partial charge is 0.226 e. The van der Waals surface area contributed by atoms with E-state index in [4.69, 9.17) is 4.74 Å². The Morgan fingerprint density at radius 1 is 1.15 bits per heavy atom. The lowest BCUT2D eigenvalue weighted by atomic mass is 9.93. The molecule has 1 saturated heterocycles. The molecule has 0 aliphatic carbocycles. The van der Waals surface area contributed by atoms with Gasteiger partial charge in [0.25, 0.3) is 0 Å². The van der Waals surface area contributed by atoms with Crippen LogP contribution >= 0.6 is 0 Å². The van der Waals surface area contributed by atoms with Crippen LogP contribution in [-0.4, -0.2) is 37.4 Å². The van der Waals surface area contributed by atoms with Gasteiger partial charge in [-0.2, -0.15) is 0 Å². The lowest BCUT2D eigenvalue weighted by molar-refractivity contribution is -0.128. The van der Waals surface area contributed by atoms with E-state index in [2.05, 4.69) is 5.32 Å². The molecule has 3 rings (SSSR count). The number of carbonyl (C=O) groups is 2. The van der Waals surface area contributed by atoms with Gasteiger partial charge in [0.15, 0.2) is 0 Å². The highest BCUT2D eigenvalue weighted by Gasteiger charge is 2.42. The third-order valence-electron chi connectivity index (χ3n) is 4.94. The molecule has 1 N–H and O–H groups in total. The quantitative estimate of drug-likeness (QED) is 0.869. The molecule has 0 radical (unpaired) electrons. The normalized spacial score (nSPS) is 19.5. The highest BCUT2D eigenvalue weighted by molar-refractivity contribution is 5.90. The van der Waals surface area contributed by atoms with Gasteiger partial charge in [-0.1, -0.05) is 42.5 Å². The molecule has 1 aliphatic rings. The molecule has 5 heteroatoms. The molecule has 5 nitrogen and oxygen atoms in total. The van der Waals surface area contributed by atoms with Crippen LogP contribution in [0.2, 0.25) is 0 Å². The Morgan fingerprint density at radius 2 is 1.85 bits per heavy atom. The SMILES string of the molecule is COc1ccc(CCNC(=O)[C@H]2CC(=O)N(C)[C@@H]2c2ccccc2)cc1. The minimum atomic E-state index is -0.356. The van der Waals surface area contributed by atoms with E-state index in [1.165, 1.54) is 0 Å². The van der Waals surface area contributed by atoms with Crippen molar-refractivity contribution in [1.29, 1.82) is 0 Å². The summed E-state index contributed by atoms with van der Waals surface area (Å²) in [5, 5.41) is 2.99. The first kappa shape index (κ1) is 18.0. The van der Waals surface area contributed by atoms with Gasteiger partial charge in [-0.25, -0.2) is 0 Å². The summed E-state index contributed by atoms with van der Waals surface area (Å²) in [7, 11) is 3.41. The minimum absolute atomic E-state index is 0.00848. The molecule has 0 saturated carbocycles. The van der Waals surface area contributed by atoms with Gasteiger partial charge in [-0.15, -0.1) is 0 Å². The summed E-state index contributed by atoms with van der Waals surface area (Å²) in [5.41, 5.74) is 2.13. The van der Waals surface area contributed by atoms with Crippen LogP contribution in [0.3, 0.4) is 0 Å². The molecule has 1 aliphatic heterocycles. The minimum Gasteiger partial charge on any atom is -0.497 e. The predicted molar refractivity (Wildman–Crippen MR) is 99.8 cm³/mol. The Hall–Kier alpha value is -2.82. The number of hydrogen-bond donors (Lipinski definition) is 1. The van der Waals surface area contributed by atoms with Gasteiger partial charge in [0.2, 0.25) is 11.8 Å². The number of nitrogens with zero attached hydrogens (tertiary/aromatic N) is 1. The molecule has 0 bridgehead atoms. The monoisotopic (exact) mass is 352 g/mol. The van der Waals surface area contributed by atoms with Gasteiger partial charge in [-0.05, 0) is 29.7 Å².